The molecule has 1 unspecified atom stereocenters. The van der Waals surface area contributed by atoms with Crippen LogP contribution in [-0.2, 0) is 0 Å². The topological polar surface area (TPSA) is 26.0 Å². The van der Waals surface area contributed by atoms with Gasteiger partial charge in [-0.25, -0.2) is 0 Å². The van der Waals surface area contributed by atoms with Gasteiger partial charge in [0, 0.05) is 21.2 Å². The first kappa shape index (κ1) is 13.1. The first-order chi connectivity index (χ1) is 7.00. The largest absolute Gasteiger partial charge is 0.324 e. The van der Waals surface area contributed by atoms with E-state index >= 15 is 0 Å². The van der Waals surface area contributed by atoms with E-state index in [9.17, 15) is 0 Å². The summed E-state index contributed by atoms with van der Waals surface area (Å²) in [4.78, 5) is 1.31. The van der Waals surface area contributed by atoms with Gasteiger partial charge in [0.2, 0.25) is 0 Å². The molecular weight excluding hydrogens is 270 g/mol. The van der Waals surface area contributed by atoms with Crippen LogP contribution in [0.2, 0.25) is 0 Å². The highest BCUT2D eigenvalue weighted by atomic mass is 79.9. The molecule has 3 heteroatoms. The molecule has 0 saturated carbocycles. The average Bonchev–Trinajstić information content (AvgIpc) is 2.14. The van der Waals surface area contributed by atoms with Crippen LogP contribution in [-0.4, -0.2) is 5.75 Å². The number of hydrogen-bond acceptors (Lipinski definition) is 2. The molecular formula is C12H18BrNS. The monoisotopic (exact) mass is 287 g/mol. The fraction of sp³-hybridized carbons (Fsp3) is 0.500. The van der Waals surface area contributed by atoms with E-state index in [4.69, 9.17) is 5.73 Å². The summed E-state index contributed by atoms with van der Waals surface area (Å²) >= 11 is 5.45. The van der Waals surface area contributed by atoms with E-state index in [0.29, 0.717) is 0 Å². The third kappa shape index (κ3) is 4.17. The lowest BCUT2D eigenvalue weighted by Gasteiger charge is -2.10. The normalized spacial score (nSPS) is 13.2. The summed E-state index contributed by atoms with van der Waals surface area (Å²) in [6.07, 6.45) is 0. The number of nitrogens with two attached hydrogens (primary N) is 1. The lowest BCUT2D eigenvalue weighted by molar-refractivity contribution is 0.750. The minimum Gasteiger partial charge on any atom is -0.324 e. The summed E-state index contributed by atoms with van der Waals surface area (Å²) in [5, 5.41) is 0. The highest BCUT2D eigenvalue weighted by Gasteiger charge is 2.06. The van der Waals surface area contributed by atoms with E-state index in [2.05, 4.69) is 48.0 Å². The Balaban J connectivity index is 2.73. The van der Waals surface area contributed by atoms with Crippen LogP contribution in [0.4, 0.5) is 0 Å². The minimum absolute atomic E-state index is 0.0866. The molecule has 0 aromatic heterocycles. The van der Waals surface area contributed by atoms with E-state index < -0.39 is 0 Å². The fourth-order valence-corrected chi connectivity index (χ4v) is 3.01. The molecule has 0 aliphatic rings. The first-order valence-electron chi connectivity index (χ1n) is 5.18. The smallest absolute Gasteiger partial charge is 0.0277 e. The molecule has 0 saturated heterocycles. The summed E-state index contributed by atoms with van der Waals surface area (Å²) < 4.78 is 1.12. The molecule has 0 spiro atoms. The van der Waals surface area contributed by atoms with Crippen LogP contribution < -0.4 is 5.73 Å². The van der Waals surface area contributed by atoms with Gasteiger partial charge in [-0.05, 0) is 30.5 Å². The lowest BCUT2D eigenvalue weighted by Crippen LogP contribution is -2.05. The molecule has 1 aromatic rings. The van der Waals surface area contributed by atoms with Crippen molar-refractivity contribution in [1.29, 1.82) is 0 Å². The van der Waals surface area contributed by atoms with Gasteiger partial charge in [0.1, 0.15) is 0 Å². The highest BCUT2D eigenvalue weighted by Crippen LogP contribution is 2.28. The molecule has 1 aromatic carbocycles. The second-order valence-corrected chi connectivity index (χ2v) is 6.12. The predicted molar refractivity (Wildman–Crippen MR) is 72.3 cm³/mol. The van der Waals surface area contributed by atoms with E-state index in [-0.39, 0.29) is 6.04 Å². The third-order valence-electron chi connectivity index (χ3n) is 2.05. The summed E-state index contributed by atoms with van der Waals surface area (Å²) in [7, 11) is 0. The Morgan fingerprint density at radius 1 is 1.33 bits per heavy atom. The number of hydrogen-bond donors (Lipinski definition) is 1. The average molecular weight is 288 g/mol. The van der Waals surface area contributed by atoms with E-state index in [1.54, 1.807) is 0 Å². The van der Waals surface area contributed by atoms with Crippen molar-refractivity contribution in [2.24, 2.45) is 11.7 Å². The van der Waals surface area contributed by atoms with Crippen molar-refractivity contribution in [2.45, 2.75) is 31.7 Å². The Hall–Kier alpha value is 0.01000. The van der Waals surface area contributed by atoms with Crippen molar-refractivity contribution in [3.8, 4) is 0 Å². The van der Waals surface area contributed by atoms with Crippen molar-refractivity contribution in [2.75, 3.05) is 5.75 Å². The molecule has 0 fully saturated rings. The van der Waals surface area contributed by atoms with Crippen LogP contribution in [0.3, 0.4) is 0 Å². The maximum absolute atomic E-state index is 5.85. The molecule has 15 heavy (non-hydrogen) atoms. The van der Waals surface area contributed by atoms with Crippen LogP contribution in [0, 0.1) is 5.92 Å². The Morgan fingerprint density at radius 3 is 2.47 bits per heavy atom. The van der Waals surface area contributed by atoms with Gasteiger partial charge < -0.3 is 5.73 Å². The number of rotatable bonds is 4. The molecule has 0 radical (unpaired) electrons. The van der Waals surface area contributed by atoms with Gasteiger partial charge >= 0.3 is 0 Å². The Labute approximate surface area is 105 Å². The summed E-state index contributed by atoms with van der Waals surface area (Å²) in [6.45, 7) is 6.47. The third-order valence-corrected chi connectivity index (χ3v) is 4.15. The molecule has 1 rings (SSSR count). The molecule has 1 nitrogen and oxygen atoms in total. The van der Waals surface area contributed by atoms with Crippen molar-refractivity contribution in [3.05, 3.63) is 28.2 Å². The molecule has 1 atom stereocenters. The van der Waals surface area contributed by atoms with Crippen molar-refractivity contribution >= 4 is 27.7 Å². The van der Waals surface area contributed by atoms with Gasteiger partial charge in [-0.2, -0.15) is 0 Å². The molecule has 2 N–H and O–H groups in total. The van der Waals surface area contributed by atoms with Gasteiger partial charge in [-0.3, -0.25) is 0 Å². The summed E-state index contributed by atoms with van der Waals surface area (Å²) in [5.41, 5.74) is 7.02. The van der Waals surface area contributed by atoms with Crippen LogP contribution in [0.15, 0.2) is 27.6 Å². The summed E-state index contributed by atoms with van der Waals surface area (Å²) in [6, 6.07) is 6.50. The highest BCUT2D eigenvalue weighted by molar-refractivity contribution is 9.10. The van der Waals surface area contributed by atoms with Gasteiger partial charge in [0.15, 0.2) is 0 Å². The second kappa shape index (κ2) is 5.92. The van der Waals surface area contributed by atoms with Crippen molar-refractivity contribution < 1.29 is 0 Å². The van der Waals surface area contributed by atoms with E-state index in [1.165, 1.54) is 10.5 Å². The SMILES string of the molecule is CC(C)CSc1ccc(C(C)N)c(Br)c1. The summed E-state index contributed by atoms with van der Waals surface area (Å²) in [5.74, 6) is 1.88. The Bertz CT molecular complexity index is 323. The Kier molecular flexibility index (Phi) is 5.16. The maximum Gasteiger partial charge on any atom is 0.0277 e. The van der Waals surface area contributed by atoms with Crippen LogP contribution in [0.5, 0.6) is 0 Å². The predicted octanol–water partition coefficient (Wildman–Crippen LogP) is 4.22. The Morgan fingerprint density at radius 2 is 2.00 bits per heavy atom. The first-order valence-corrected chi connectivity index (χ1v) is 6.96. The van der Waals surface area contributed by atoms with Crippen LogP contribution >= 0.6 is 27.7 Å². The van der Waals surface area contributed by atoms with Crippen molar-refractivity contribution in [1.82, 2.24) is 0 Å². The number of benzene rings is 1. The lowest BCUT2D eigenvalue weighted by atomic mass is 10.1. The molecule has 0 heterocycles. The standard InChI is InChI=1S/C12H18BrNS/c1-8(2)7-15-10-4-5-11(9(3)14)12(13)6-10/h4-6,8-9H,7,14H2,1-3H3. The number of thioether (sulfide) groups is 1. The molecule has 84 valence electrons. The van der Waals surface area contributed by atoms with Crippen LogP contribution in [0.25, 0.3) is 0 Å². The zero-order chi connectivity index (χ0) is 11.4. The number of halogens is 1. The zero-order valence-corrected chi connectivity index (χ0v) is 11.9. The van der Waals surface area contributed by atoms with Gasteiger partial charge in [-0.1, -0.05) is 35.8 Å². The van der Waals surface area contributed by atoms with Gasteiger partial charge in [0.25, 0.3) is 0 Å². The molecule has 0 bridgehead atoms. The fourth-order valence-electron chi connectivity index (χ4n) is 1.23. The molecule has 0 amide bonds. The molecule has 0 aliphatic carbocycles. The van der Waals surface area contributed by atoms with Crippen molar-refractivity contribution in [3.63, 3.8) is 0 Å². The molecule has 0 aliphatic heterocycles. The minimum atomic E-state index is 0.0866. The van der Waals surface area contributed by atoms with Crippen LogP contribution in [0.1, 0.15) is 32.4 Å². The van der Waals surface area contributed by atoms with E-state index in [0.717, 1.165) is 16.1 Å². The van der Waals surface area contributed by atoms with Gasteiger partial charge in [-0.15, -0.1) is 11.8 Å². The van der Waals surface area contributed by atoms with E-state index in [1.807, 2.05) is 18.7 Å². The quantitative estimate of drug-likeness (QED) is 0.840. The zero-order valence-electron chi connectivity index (χ0n) is 9.46. The maximum atomic E-state index is 5.85. The van der Waals surface area contributed by atoms with Gasteiger partial charge in [0.05, 0.1) is 0 Å². The second-order valence-electron chi connectivity index (χ2n) is 4.18.